The van der Waals surface area contributed by atoms with Crippen molar-refractivity contribution < 1.29 is 24.5 Å². The quantitative estimate of drug-likeness (QED) is 0.0320. The van der Waals surface area contributed by atoms with Crippen LogP contribution in [0.15, 0.2) is 12.2 Å². The molecular weight excluding hydrogens is 1040 g/mol. The van der Waals surface area contributed by atoms with E-state index in [2.05, 4.69) is 31.3 Å². The number of aliphatic hydroxyl groups excluding tert-OH is 2. The first-order valence-corrected chi connectivity index (χ1v) is 39.4. The molecule has 0 saturated heterocycles. The smallest absolute Gasteiger partial charge is 0.305 e. The van der Waals surface area contributed by atoms with Crippen LogP contribution in [0.2, 0.25) is 0 Å². The van der Waals surface area contributed by atoms with Crippen LogP contribution in [0.4, 0.5) is 0 Å². The van der Waals surface area contributed by atoms with Gasteiger partial charge in [0, 0.05) is 12.8 Å². The molecule has 0 saturated carbocycles. The minimum atomic E-state index is -0.663. The van der Waals surface area contributed by atoms with Crippen LogP contribution < -0.4 is 5.32 Å². The highest BCUT2D eigenvalue weighted by atomic mass is 16.5. The number of aliphatic hydroxyl groups is 2. The summed E-state index contributed by atoms with van der Waals surface area (Å²) in [4.78, 5) is 24.6. The Morgan fingerprint density at radius 1 is 0.318 bits per heavy atom. The highest BCUT2D eigenvalue weighted by Gasteiger charge is 2.20. The summed E-state index contributed by atoms with van der Waals surface area (Å²) in [7, 11) is 0. The SMILES string of the molecule is CCCCCCC/C=C\CCCCCCCC(=O)OCCCCCCCCCCCCCCCCCCCCCCCCCCCCCCCCC(=O)NC(CO)C(O)CCCCCCCCCCCCCCCCCCCCCCCCCC. The number of carbonyl (C=O) groups excluding carboxylic acids is 2. The molecule has 85 heavy (non-hydrogen) atoms. The summed E-state index contributed by atoms with van der Waals surface area (Å²) in [6.07, 6.45) is 94.4. The van der Waals surface area contributed by atoms with Gasteiger partial charge in [-0.15, -0.1) is 0 Å². The number of amides is 1. The van der Waals surface area contributed by atoms with Gasteiger partial charge in [0.25, 0.3) is 0 Å². The van der Waals surface area contributed by atoms with Crippen LogP contribution in [0.5, 0.6) is 0 Å². The zero-order valence-corrected chi connectivity index (χ0v) is 58.1. The van der Waals surface area contributed by atoms with Crippen molar-refractivity contribution in [3.8, 4) is 0 Å². The van der Waals surface area contributed by atoms with Gasteiger partial charge in [0.05, 0.1) is 25.4 Å². The van der Waals surface area contributed by atoms with Crippen LogP contribution in [0.3, 0.4) is 0 Å². The lowest BCUT2D eigenvalue weighted by atomic mass is 10.0. The van der Waals surface area contributed by atoms with Crippen LogP contribution >= 0.6 is 0 Å². The van der Waals surface area contributed by atoms with Crippen LogP contribution in [0.1, 0.15) is 457 Å². The molecular formula is C79H155NO5. The standard InChI is InChI=1S/C79H155NO5/c1-3-5-7-9-11-13-15-17-19-20-21-22-23-32-35-38-41-44-47-51-55-59-63-67-71-77(82)76(75-81)80-78(83)72-68-64-60-56-52-48-45-42-39-36-33-30-28-26-24-25-27-29-31-34-37-40-43-46-50-54-58-62-66-70-74-85-79(84)73-69-65-61-57-53-49-18-16-14-12-10-8-6-4-2/h16,18,76-77,81-82H,3-15,17,19-75H2,1-2H3,(H,80,83)/b18-16-. The molecule has 0 aliphatic heterocycles. The second-order valence-electron chi connectivity index (χ2n) is 27.4. The average molecular weight is 1200 g/mol. The maximum absolute atomic E-state index is 12.6. The van der Waals surface area contributed by atoms with E-state index in [0.29, 0.717) is 25.9 Å². The Balaban J connectivity index is 3.33. The Kier molecular flexibility index (Phi) is 73.8. The van der Waals surface area contributed by atoms with Crippen molar-refractivity contribution in [2.45, 2.75) is 469 Å². The number of nitrogens with one attached hydrogen (secondary N) is 1. The number of allylic oxidation sites excluding steroid dienone is 2. The number of unbranched alkanes of at least 4 members (excludes halogenated alkanes) is 62. The maximum atomic E-state index is 12.6. The molecule has 0 aliphatic rings. The molecule has 2 atom stereocenters. The van der Waals surface area contributed by atoms with Gasteiger partial charge in [-0.2, -0.15) is 0 Å². The van der Waals surface area contributed by atoms with Gasteiger partial charge in [-0.25, -0.2) is 0 Å². The van der Waals surface area contributed by atoms with Gasteiger partial charge in [0.2, 0.25) is 5.91 Å². The molecule has 0 rings (SSSR count). The lowest BCUT2D eigenvalue weighted by Crippen LogP contribution is -2.45. The lowest BCUT2D eigenvalue weighted by Gasteiger charge is -2.22. The van der Waals surface area contributed by atoms with Crippen molar-refractivity contribution in [2.75, 3.05) is 13.2 Å². The molecule has 0 radical (unpaired) electrons. The molecule has 0 spiro atoms. The molecule has 0 aliphatic carbocycles. The summed E-state index contributed by atoms with van der Waals surface area (Å²) < 4.78 is 5.49. The molecule has 2 unspecified atom stereocenters. The fourth-order valence-corrected chi connectivity index (χ4v) is 12.8. The fourth-order valence-electron chi connectivity index (χ4n) is 12.8. The predicted octanol–water partition coefficient (Wildman–Crippen LogP) is 25.9. The van der Waals surface area contributed by atoms with Gasteiger partial charge in [0.1, 0.15) is 0 Å². The van der Waals surface area contributed by atoms with Crippen LogP contribution in [0.25, 0.3) is 0 Å². The van der Waals surface area contributed by atoms with E-state index in [1.165, 1.54) is 379 Å². The summed E-state index contributed by atoms with van der Waals surface area (Å²) in [5.41, 5.74) is 0. The summed E-state index contributed by atoms with van der Waals surface area (Å²) in [6, 6.07) is -0.539. The number of rotatable bonds is 75. The largest absolute Gasteiger partial charge is 0.466 e. The molecule has 0 heterocycles. The van der Waals surface area contributed by atoms with Crippen molar-refractivity contribution in [1.29, 1.82) is 0 Å². The van der Waals surface area contributed by atoms with Crippen LogP contribution in [-0.2, 0) is 14.3 Å². The van der Waals surface area contributed by atoms with Gasteiger partial charge in [-0.3, -0.25) is 9.59 Å². The van der Waals surface area contributed by atoms with E-state index in [4.69, 9.17) is 4.74 Å². The first-order valence-electron chi connectivity index (χ1n) is 39.4. The van der Waals surface area contributed by atoms with E-state index in [0.717, 1.165) is 44.9 Å². The van der Waals surface area contributed by atoms with Crippen LogP contribution in [-0.4, -0.2) is 47.4 Å². The highest BCUT2D eigenvalue weighted by Crippen LogP contribution is 2.20. The Hall–Kier alpha value is -1.40. The molecule has 3 N–H and O–H groups in total. The highest BCUT2D eigenvalue weighted by molar-refractivity contribution is 5.76. The molecule has 0 fully saturated rings. The molecule has 0 aromatic carbocycles. The second-order valence-corrected chi connectivity index (χ2v) is 27.4. The topological polar surface area (TPSA) is 95.9 Å². The molecule has 0 aromatic heterocycles. The Morgan fingerprint density at radius 2 is 0.553 bits per heavy atom. The molecule has 0 aromatic rings. The van der Waals surface area contributed by atoms with Crippen molar-refractivity contribution in [2.24, 2.45) is 0 Å². The summed E-state index contributed by atoms with van der Waals surface area (Å²) in [5, 5.41) is 23.5. The van der Waals surface area contributed by atoms with Gasteiger partial charge in [-0.05, 0) is 51.4 Å². The zero-order valence-electron chi connectivity index (χ0n) is 58.1. The van der Waals surface area contributed by atoms with E-state index in [1.54, 1.807) is 0 Å². The normalized spacial score (nSPS) is 12.5. The number of carbonyl (C=O) groups is 2. The third kappa shape index (κ3) is 71.6. The van der Waals surface area contributed by atoms with Gasteiger partial charge < -0.3 is 20.3 Å². The van der Waals surface area contributed by atoms with Gasteiger partial charge in [0.15, 0.2) is 0 Å². The molecule has 0 bridgehead atoms. The van der Waals surface area contributed by atoms with Crippen molar-refractivity contribution in [3.63, 3.8) is 0 Å². The number of hydrogen-bond acceptors (Lipinski definition) is 5. The monoisotopic (exact) mass is 1200 g/mol. The summed E-state index contributed by atoms with van der Waals surface area (Å²) in [5.74, 6) is -0.0121. The predicted molar refractivity (Wildman–Crippen MR) is 375 cm³/mol. The molecule has 1 amide bonds. The first-order chi connectivity index (χ1) is 42.0. The Labute approximate surface area is 533 Å². The second kappa shape index (κ2) is 75.1. The third-order valence-electron chi connectivity index (χ3n) is 18.8. The molecule has 506 valence electrons. The molecule has 6 heteroatoms. The maximum Gasteiger partial charge on any atom is 0.305 e. The van der Waals surface area contributed by atoms with Crippen LogP contribution in [0, 0.1) is 0 Å². The minimum absolute atomic E-state index is 0.0128. The van der Waals surface area contributed by atoms with Crippen molar-refractivity contribution in [3.05, 3.63) is 12.2 Å². The zero-order chi connectivity index (χ0) is 61.3. The first kappa shape index (κ1) is 83.6. The van der Waals surface area contributed by atoms with E-state index in [9.17, 15) is 19.8 Å². The number of ether oxygens (including phenoxy) is 1. The summed E-state index contributed by atoms with van der Waals surface area (Å²) >= 11 is 0. The average Bonchev–Trinajstić information content (AvgIpc) is 3.51. The van der Waals surface area contributed by atoms with Gasteiger partial charge >= 0.3 is 5.97 Å². The fraction of sp³-hybridized carbons (Fsp3) is 0.949. The van der Waals surface area contributed by atoms with E-state index < -0.39 is 12.1 Å². The molecule has 6 nitrogen and oxygen atoms in total. The summed E-state index contributed by atoms with van der Waals surface area (Å²) in [6.45, 7) is 5.00. The number of hydrogen-bond donors (Lipinski definition) is 3. The third-order valence-corrected chi connectivity index (χ3v) is 18.8. The Morgan fingerprint density at radius 3 is 0.835 bits per heavy atom. The minimum Gasteiger partial charge on any atom is -0.466 e. The van der Waals surface area contributed by atoms with E-state index in [1.807, 2.05) is 0 Å². The van der Waals surface area contributed by atoms with E-state index >= 15 is 0 Å². The number of esters is 1. The lowest BCUT2D eigenvalue weighted by molar-refractivity contribution is -0.143. The van der Waals surface area contributed by atoms with Crippen molar-refractivity contribution >= 4 is 11.9 Å². The Bertz CT molecular complexity index is 1290. The van der Waals surface area contributed by atoms with Gasteiger partial charge in [-0.1, -0.05) is 405 Å². The van der Waals surface area contributed by atoms with Crippen molar-refractivity contribution in [1.82, 2.24) is 5.32 Å². The van der Waals surface area contributed by atoms with E-state index in [-0.39, 0.29) is 18.5 Å².